The van der Waals surface area contributed by atoms with Gasteiger partial charge in [-0.3, -0.25) is 0 Å². The van der Waals surface area contributed by atoms with Crippen LogP contribution >= 0.6 is 22.9 Å². The SMILES string of the molecule is N#C/C(=C\Nc1ccc2c(c1)OCO2)c1nc(-c2ccc(Cl)cc2)cs1. The number of ether oxygens (including phenoxy) is 2. The smallest absolute Gasteiger partial charge is 0.231 e. The van der Waals surface area contributed by atoms with Crippen molar-refractivity contribution >= 4 is 34.2 Å². The summed E-state index contributed by atoms with van der Waals surface area (Å²) < 4.78 is 10.6. The van der Waals surface area contributed by atoms with Gasteiger partial charge in [0.15, 0.2) is 11.5 Å². The van der Waals surface area contributed by atoms with Crippen molar-refractivity contribution in [3.05, 3.63) is 64.1 Å². The Morgan fingerprint density at radius 1 is 1.19 bits per heavy atom. The average Bonchev–Trinajstić information content (AvgIpc) is 3.32. The van der Waals surface area contributed by atoms with Crippen molar-refractivity contribution in [3.63, 3.8) is 0 Å². The maximum absolute atomic E-state index is 9.47. The van der Waals surface area contributed by atoms with Crippen LogP contribution in [0.25, 0.3) is 16.8 Å². The Balaban J connectivity index is 1.55. The molecule has 2 aromatic carbocycles. The van der Waals surface area contributed by atoms with Crippen molar-refractivity contribution in [3.8, 4) is 28.8 Å². The van der Waals surface area contributed by atoms with E-state index in [-0.39, 0.29) is 6.79 Å². The second kappa shape index (κ2) is 7.08. The van der Waals surface area contributed by atoms with Crippen LogP contribution in [0.3, 0.4) is 0 Å². The number of halogens is 1. The van der Waals surface area contributed by atoms with Crippen LogP contribution in [0.15, 0.2) is 54.0 Å². The van der Waals surface area contributed by atoms with E-state index in [9.17, 15) is 5.26 Å². The number of hydrogen-bond acceptors (Lipinski definition) is 6. The van der Waals surface area contributed by atoms with E-state index in [4.69, 9.17) is 21.1 Å². The topological polar surface area (TPSA) is 67.2 Å². The molecule has 0 fully saturated rings. The summed E-state index contributed by atoms with van der Waals surface area (Å²) >= 11 is 7.33. The maximum atomic E-state index is 9.47. The molecule has 1 N–H and O–H groups in total. The molecule has 1 aromatic heterocycles. The van der Waals surface area contributed by atoms with Gasteiger partial charge in [0.25, 0.3) is 0 Å². The molecule has 1 aliphatic heterocycles. The van der Waals surface area contributed by atoms with Gasteiger partial charge < -0.3 is 14.8 Å². The lowest BCUT2D eigenvalue weighted by Gasteiger charge is -2.03. The third-order valence-corrected chi connectivity index (χ3v) is 4.88. The zero-order valence-electron chi connectivity index (χ0n) is 13.4. The molecule has 0 bridgehead atoms. The van der Waals surface area contributed by atoms with Gasteiger partial charge in [0.1, 0.15) is 16.6 Å². The fourth-order valence-corrected chi connectivity index (χ4v) is 3.35. The summed E-state index contributed by atoms with van der Waals surface area (Å²) in [5.74, 6) is 1.40. The highest BCUT2D eigenvalue weighted by atomic mass is 35.5. The van der Waals surface area contributed by atoms with Gasteiger partial charge in [-0.15, -0.1) is 11.3 Å². The van der Waals surface area contributed by atoms with Crippen molar-refractivity contribution in [2.24, 2.45) is 0 Å². The van der Waals surface area contributed by atoms with Gasteiger partial charge in [-0.2, -0.15) is 5.26 Å². The Bertz CT molecular complexity index is 1020. The van der Waals surface area contributed by atoms with E-state index < -0.39 is 0 Å². The molecule has 0 saturated heterocycles. The molecular formula is C19H12ClN3O2S. The van der Waals surface area contributed by atoms with Crippen LogP contribution in [0.2, 0.25) is 5.02 Å². The normalized spacial score (nSPS) is 12.7. The standard InChI is InChI=1S/C19H12ClN3O2S/c20-14-3-1-12(2-4-14)16-10-26-19(23-16)13(8-21)9-22-15-5-6-17-18(7-15)25-11-24-17/h1-7,9-10,22H,11H2/b13-9+. The number of nitrogens with zero attached hydrogens (tertiary/aromatic N) is 2. The van der Waals surface area contributed by atoms with E-state index in [1.807, 2.05) is 47.8 Å². The number of thiazole rings is 1. The largest absolute Gasteiger partial charge is 0.454 e. The van der Waals surface area contributed by atoms with E-state index >= 15 is 0 Å². The van der Waals surface area contributed by atoms with E-state index in [0.29, 0.717) is 27.1 Å². The summed E-state index contributed by atoms with van der Waals surface area (Å²) in [6.45, 7) is 0.227. The number of aromatic nitrogens is 1. The first-order valence-corrected chi connectivity index (χ1v) is 8.97. The second-order valence-corrected chi connectivity index (χ2v) is 6.72. The van der Waals surface area contributed by atoms with Gasteiger partial charge >= 0.3 is 0 Å². The lowest BCUT2D eigenvalue weighted by molar-refractivity contribution is 0.174. The van der Waals surface area contributed by atoms with E-state index in [0.717, 1.165) is 16.9 Å². The van der Waals surface area contributed by atoms with Gasteiger partial charge in [0.05, 0.1) is 5.69 Å². The highest BCUT2D eigenvalue weighted by Gasteiger charge is 2.13. The van der Waals surface area contributed by atoms with Crippen molar-refractivity contribution in [1.29, 1.82) is 5.26 Å². The average molecular weight is 382 g/mol. The third-order valence-electron chi connectivity index (χ3n) is 3.75. The van der Waals surface area contributed by atoms with Crippen molar-refractivity contribution < 1.29 is 9.47 Å². The molecule has 0 aliphatic carbocycles. The van der Waals surface area contributed by atoms with Gasteiger partial charge in [-0.1, -0.05) is 23.7 Å². The maximum Gasteiger partial charge on any atom is 0.231 e. The Labute approximate surface area is 159 Å². The summed E-state index contributed by atoms with van der Waals surface area (Å²) in [4.78, 5) is 4.55. The molecule has 0 amide bonds. The minimum atomic E-state index is 0.227. The molecule has 3 aromatic rings. The van der Waals surface area contributed by atoms with Crippen LogP contribution in [0, 0.1) is 11.3 Å². The molecular weight excluding hydrogens is 370 g/mol. The van der Waals surface area contributed by atoms with Crippen molar-refractivity contribution in [2.75, 3.05) is 12.1 Å². The number of anilines is 1. The minimum Gasteiger partial charge on any atom is -0.454 e. The van der Waals surface area contributed by atoms with E-state index in [1.165, 1.54) is 11.3 Å². The second-order valence-electron chi connectivity index (χ2n) is 5.43. The molecule has 5 nitrogen and oxygen atoms in total. The van der Waals surface area contributed by atoms with Crippen LogP contribution in [-0.4, -0.2) is 11.8 Å². The number of allylic oxidation sites excluding steroid dienone is 1. The van der Waals surface area contributed by atoms with Gasteiger partial charge in [-0.05, 0) is 24.3 Å². The molecule has 128 valence electrons. The van der Waals surface area contributed by atoms with E-state index in [2.05, 4.69) is 16.4 Å². The first-order chi connectivity index (χ1) is 12.7. The number of benzene rings is 2. The van der Waals surface area contributed by atoms with Crippen LogP contribution in [-0.2, 0) is 0 Å². The number of nitriles is 1. The predicted octanol–water partition coefficient (Wildman–Crippen LogP) is 5.17. The van der Waals surface area contributed by atoms with Gasteiger partial charge in [0, 0.05) is 33.9 Å². The Kier molecular flexibility index (Phi) is 4.48. The van der Waals surface area contributed by atoms with Crippen LogP contribution in [0.1, 0.15) is 5.01 Å². The first kappa shape index (κ1) is 16.5. The lowest BCUT2D eigenvalue weighted by Crippen LogP contribution is -1.93. The Morgan fingerprint density at radius 2 is 2.00 bits per heavy atom. The van der Waals surface area contributed by atoms with Gasteiger partial charge in [-0.25, -0.2) is 4.98 Å². The summed E-state index contributed by atoms with van der Waals surface area (Å²) in [5.41, 5.74) is 3.02. The molecule has 26 heavy (non-hydrogen) atoms. The molecule has 1 aliphatic rings. The van der Waals surface area contributed by atoms with Crippen molar-refractivity contribution in [1.82, 2.24) is 4.98 Å². The molecule has 0 radical (unpaired) electrons. The van der Waals surface area contributed by atoms with Crippen LogP contribution < -0.4 is 14.8 Å². The fraction of sp³-hybridized carbons (Fsp3) is 0.0526. The third kappa shape index (κ3) is 3.36. The zero-order valence-corrected chi connectivity index (χ0v) is 15.0. The summed E-state index contributed by atoms with van der Waals surface area (Å²) in [6.07, 6.45) is 1.64. The van der Waals surface area contributed by atoms with Crippen LogP contribution in [0.5, 0.6) is 11.5 Å². The Hall–Kier alpha value is -3.01. The predicted molar refractivity (Wildman–Crippen MR) is 102 cm³/mol. The molecule has 7 heteroatoms. The van der Waals surface area contributed by atoms with Crippen molar-refractivity contribution in [2.45, 2.75) is 0 Å². The summed E-state index contributed by atoms with van der Waals surface area (Å²) in [6, 6.07) is 15.1. The summed E-state index contributed by atoms with van der Waals surface area (Å²) in [5, 5.41) is 15.8. The molecule has 0 unspecified atom stereocenters. The minimum absolute atomic E-state index is 0.227. The first-order valence-electron chi connectivity index (χ1n) is 7.71. The Morgan fingerprint density at radius 3 is 2.81 bits per heavy atom. The number of nitrogens with one attached hydrogen (secondary N) is 1. The number of rotatable bonds is 4. The van der Waals surface area contributed by atoms with Crippen LogP contribution in [0.4, 0.5) is 5.69 Å². The molecule has 0 atom stereocenters. The highest BCUT2D eigenvalue weighted by Crippen LogP contribution is 2.34. The van der Waals surface area contributed by atoms with E-state index in [1.54, 1.807) is 6.20 Å². The molecule has 0 saturated carbocycles. The highest BCUT2D eigenvalue weighted by molar-refractivity contribution is 7.11. The van der Waals surface area contributed by atoms with Gasteiger partial charge in [0.2, 0.25) is 6.79 Å². The quantitative estimate of drug-likeness (QED) is 0.631. The molecule has 2 heterocycles. The number of hydrogen-bond donors (Lipinski definition) is 1. The molecule has 4 rings (SSSR count). The monoisotopic (exact) mass is 381 g/mol. The zero-order chi connectivity index (χ0) is 17.9. The fourth-order valence-electron chi connectivity index (χ4n) is 2.43. The summed E-state index contributed by atoms with van der Waals surface area (Å²) in [7, 11) is 0. The lowest BCUT2D eigenvalue weighted by atomic mass is 10.2. The number of fused-ring (bicyclic) bond motifs is 1. The molecule has 0 spiro atoms.